The standard InChI is InChI=1S/C12H19N3O6/c1-2-13-8-11(14(17)18)4-3-10(21-6-5-16)12(7-11,9-13)15(19)20/h3,16H,2,4-9H2,1H3/t11-,12+/m1/s1. The average molecular weight is 301 g/mol. The van der Waals surface area contributed by atoms with Crippen LogP contribution in [0, 0.1) is 20.2 Å². The number of piperidine rings is 1. The molecule has 0 spiro atoms. The summed E-state index contributed by atoms with van der Waals surface area (Å²) < 4.78 is 5.32. The number of rotatable bonds is 6. The number of hydrogen-bond donors (Lipinski definition) is 1. The minimum absolute atomic E-state index is 0.0565. The van der Waals surface area contributed by atoms with Crippen LogP contribution in [0.1, 0.15) is 19.8 Å². The highest BCUT2D eigenvalue weighted by Crippen LogP contribution is 2.44. The molecule has 0 unspecified atom stereocenters. The Morgan fingerprint density at radius 2 is 2.10 bits per heavy atom. The Kier molecular flexibility index (Phi) is 4.15. The lowest BCUT2D eigenvalue weighted by atomic mass is 9.71. The number of fused-ring (bicyclic) bond motifs is 2. The van der Waals surface area contributed by atoms with Gasteiger partial charge in [-0.2, -0.15) is 0 Å². The van der Waals surface area contributed by atoms with Gasteiger partial charge in [-0.25, -0.2) is 0 Å². The van der Waals surface area contributed by atoms with Gasteiger partial charge >= 0.3 is 0 Å². The first kappa shape index (κ1) is 15.6. The lowest BCUT2D eigenvalue weighted by Crippen LogP contribution is -2.67. The monoisotopic (exact) mass is 301 g/mol. The van der Waals surface area contributed by atoms with E-state index in [9.17, 15) is 20.2 Å². The summed E-state index contributed by atoms with van der Waals surface area (Å²) in [5.41, 5.74) is -2.94. The molecule has 0 aromatic rings. The molecule has 0 saturated carbocycles. The number of aliphatic hydroxyl groups is 1. The fraction of sp³-hybridized carbons (Fsp3) is 0.833. The number of hydrogen-bond acceptors (Lipinski definition) is 7. The minimum atomic E-state index is -1.60. The topological polar surface area (TPSA) is 119 Å². The maximum atomic E-state index is 11.7. The Bertz CT molecular complexity index is 482. The van der Waals surface area contributed by atoms with Gasteiger partial charge in [0.2, 0.25) is 5.54 Å². The summed E-state index contributed by atoms with van der Waals surface area (Å²) in [5.74, 6) is 0.136. The summed E-state index contributed by atoms with van der Waals surface area (Å²) in [5, 5.41) is 32.0. The first-order valence-corrected chi connectivity index (χ1v) is 6.86. The fourth-order valence-electron chi connectivity index (χ4n) is 3.25. The van der Waals surface area contributed by atoms with Crippen LogP contribution >= 0.6 is 0 Å². The molecule has 9 nitrogen and oxygen atoms in total. The minimum Gasteiger partial charge on any atom is -0.488 e. The maximum Gasteiger partial charge on any atom is 0.296 e. The molecule has 2 aliphatic rings. The molecule has 21 heavy (non-hydrogen) atoms. The molecule has 1 heterocycles. The van der Waals surface area contributed by atoms with E-state index in [1.807, 2.05) is 6.92 Å². The van der Waals surface area contributed by atoms with E-state index in [1.54, 1.807) is 4.90 Å². The molecule has 1 N–H and O–H groups in total. The van der Waals surface area contributed by atoms with Crippen molar-refractivity contribution in [2.24, 2.45) is 0 Å². The van der Waals surface area contributed by atoms with E-state index in [0.717, 1.165) is 0 Å². The second-order valence-corrected chi connectivity index (χ2v) is 5.59. The molecule has 1 saturated heterocycles. The highest BCUT2D eigenvalue weighted by Gasteiger charge is 2.66. The van der Waals surface area contributed by atoms with Crippen molar-refractivity contribution >= 4 is 0 Å². The van der Waals surface area contributed by atoms with Crippen molar-refractivity contribution in [1.82, 2.24) is 4.90 Å². The second-order valence-electron chi connectivity index (χ2n) is 5.59. The number of aliphatic hydroxyl groups excluding tert-OH is 1. The third kappa shape index (κ3) is 2.46. The normalized spacial score (nSPS) is 32.4. The van der Waals surface area contributed by atoms with Crippen LogP contribution in [0.2, 0.25) is 0 Å². The van der Waals surface area contributed by atoms with Crippen LogP contribution in [0.25, 0.3) is 0 Å². The number of likely N-dealkylation sites (N-methyl/N-ethyl adjacent to an activating group) is 1. The van der Waals surface area contributed by atoms with E-state index in [2.05, 4.69) is 0 Å². The summed E-state index contributed by atoms with van der Waals surface area (Å²) in [6.45, 7) is 2.29. The number of ether oxygens (including phenoxy) is 1. The van der Waals surface area contributed by atoms with Crippen molar-refractivity contribution < 1.29 is 19.7 Å². The zero-order chi connectivity index (χ0) is 15.7. The molecular weight excluding hydrogens is 282 g/mol. The van der Waals surface area contributed by atoms with E-state index in [0.29, 0.717) is 6.54 Å². The molecule has 9 heteroatoms. The van der Waals surface area contributed by atoms with Crippen LogP contribution in [0.3, 0.4) is 0 Å². The van der Waals surface area contributed by atoms with Crippen molar-refractivity contribution in [1.29, 1.82) is 0 Å². The summed E-state index contributed by atoms with van der Waals surface area (Å²) in [6.07, 6.45) is 1.39. The van der Waals surface area contributed by atoms with Crippen molar-refractivity contribution in [2.45, 2.75) is 30.8 Å². The first-order valence-electron chi connectivity index (χ1n) is 6.86. The summed E-state index contributed by atoms with van der Waals surface area (Å²) in [7, 11) is 0. The number of nitrogens with zero attached hydrogens (tertiary/aromatic N) is 3. The van der Waals surface area contributed by atoms with Gasteiger partial charge in [0, 0.05) is 16.3 Å². The highest BCUT2D eigenvalue weighted by atomic mass is 16.6. The lowest BCUT2D eigenvalue weighted by molar-refractivity contribution is -0.624. The van der Waals surface area contributed by atoms with Crippen molar-refractivity contribution in [3.63, 3.8) is 0 Å². The molecule has 0 aromatic heterocycles. The molecule has 2 rings (SSSR count). The Balaban J connectivity index is 2.45. The average Bonchev–Trinajstić information content (AvgIpc) is 2.45. The number of likely N-dealkylation sites (tertiary alicyclic amines) is 1. The van der Waals surface area contributed by atoms with Crippen molar-refractivity contribution in [3.8, 4) is 0 Å². The molecular formula is C12H19N3O6. The van der Waals surface area contributed by atoms with Crippen LogP contribution in [-0.4, -0.2) is 63.8 Å². The van der Waals surface area contributed by atoms with Crippen LogP contribution in [0.15, 0.2) is 11.8 Å². The van der Waals surface area contributed by atoms with Gasteiger partial charge in [0.1, 0.15) is 6.61 Å². The lowest BCUT2D eigenvalue weighted by Gasteiger charge is -2.45. The van der Waals surface area contributed by atoms with Crippen molar-refractivity contribution in [3.05, 3.63) is 32.1 Å². The predicted molar refractivity (Wildman–Crippen MR) is 71.9 cm³/mol. The van der Waals surface area contributed by atoms with Gasteiger partial charge in [-0.1, -0.05) is 6.92 Å². The first-order chi connectivity index (χ1) is 9.90. The summed E-state index contributed by atoms with van der Waals surface area (Å²) in [6, 6.07) is 0. The molecule has 1 aliphatic heterocycles. The molecule has 1 fully saturated rings. The van der Waals surface area contributed by atoms with Crippen LogP contribution in [0.4, 0.5) is 0 Å². The van der Waals surface area contributed by atoms with Gasteiger partial charge in [0.25, 0.3) is 5.54 Å². The Morgan fingerprint density at radius 3 is 2.62 bits per heavy atom. The van der Waals surface area contributed by atoms with Crippen LogP contribution in [-0.2, 0) is 4.74 Å². The maximum absolute atomic E-state index is 11.7. The number of nitro groups is 2. The zero-order valence-corrected chi connectivity index (χ0v) is 11.9. The molecule has 0 amide bonds. The molecule has 1 aliphatic carbocycles. The van der Waals surface area contributed by atoms with E-state index in [1.165, 1.54) is 6.08 Å². The van der Waals surface area contributed by atoms with E-state index < -0.39 is 20.9 Å². The third-order valence-corrected chi connectivity index (χ3v) is 4.28. The van der Waals surface area contributed by atoms with Gasteiger partial charge in [0.15, 0.2) is 5.76 Å². The Labute approximate surface area is 121 Å². The van der Waals surface area contributed by atoms with Gasteiger partial charge in [0.05, 0.1) is 26.1 Å². The fourth-order valence-corrected chi connectivity index (χ4v) is 3.25. The molecule has 118 valence electrons. The van der Waals surface area contributed by atoms with Gasteiger partial charge in [-0.05, 0) is 12.6 Å². The van der Waals surface area contributed by atoms with Gasteiger partial charge in [-0.15, -0.1) is 0 Å². The Morgan fingerprint density at radius 1 is 1.38 bits per heavy atom. The van der Waals surface area contributed by atoms with Crippen LogP contribution < -0.4 is 0 Å². The van der Waals surface area contributed by atoms with E-state index in [-0.39, 0.29) is 44.9 Å². The van der Waals surface area contributed by atoms with Crippen LogP contribution in [0.5, 0.6) is 0 Å². The molecule has 2 bridgehead atoms. The zero-order valence-electron chi connectivity index (χ0n) is 11.9. The summed E-state index contributed by atoms with van der Waals surface area (Å²) >= 11 is 0. The Hall–Kier alpha value is -1.74. The van der Waals surface area contributed by atoms with Gasteiger partial charge < -0.3 is 9.84 Å². The smallest absolute Gasteiger partial charge is 0.296 e. The molecule has 0 radical (unpaired) electrons. The SMILES string of the molecule is CCN1C[C@@]2([N+](=O)[O-])CC=C(OCCO)[C@@]([N+](=O)[O-])(C1)C2. The third-order valence-electron chi connectivity index (χ3n) is 4.28. The summed E-state index contributed by atoms with van der Waals surface area (Å²) in [4.78, 5) is 24.0. The van der Waals surface area contributed by atoms with E-state index >= 15 is 0 Å². The molecule has 2 atom stereocenters. The molecule has 0 aromatic carbocycles. The van der Waals surface area contributed by atoms with Gasteiger partial charge in [-0.3, -0.25) is 25.1 Å². The quantitative estimate of drug-likeness (QED) is 0.543. The highest BCUT2D eigenvalue weighted by molar-refractivity contribution is 5.23. The largest absolute Gasteiger partial charge is 0.488 e. The van der Waals surface area contributed by atoms with Crippen molar-refractivity contribution in [2.75, 3.05) is 32.8 Å². The second kappa shape index (κ2) is 5.57. The predicted octanol–water partition coefficient (Wildman–Crippen LogP) is 0.0395. The van der Waals surface area contributed by atoms with E-state index in [4.69, 9.17) is 9.84 Å².